The second kappa shape index (κ2) is 4.59. The fourth-order valence-electron chi connectivity index (χ4n) is 1.44. The molecule has 2 rings (SSSR count). The molecule has 0 saturated heterocycles. The van der Waals surface area contributed by atoms with Crippen molar-refractivity contribution in [3.63, 3.8) is 0 Å². The van der Waals surface area contributed by atoms with E-state index in [2.05, 4.69) is 0 Å². The third kappa shape index (κ3) is 2.47. The van der Waals surface area contributed by atoms with E-state index in [9.17, 15) is 9.90 Å². The van der Waals surface area contributed by atoms with Crippen molar-refractivity contribution in [2.45, 2.75) is 0 Å². The van der Waals surface area contributed by atoms with Gasteiger partial charge in [-0.25, -0.2) is 0 Å². The third-order valence-electron chi connectivity index (χ3n) is 2.40. The van der Waals surface area contributed by atoms with Crippen molar-refractivity contribution in [2.24, 2.45) is 0 Å². The summed E-state index contributed by atoms with van der Waals surface area (Å²) >= 11 is 1.64. The summed E-state index contributed by atoms with van der Waals surface area (Å²) in [4.78, 5) is 14.4. The minimum Gasteiger partial charge on any atom is -0.504 e. The van der Waals surface area contributed by atoms with Crippen molar-refractivity contribution in [3.8, 4) is 16.2 Å². The maximum absolute atomic E-state index is 11.3. The zero-order chi connectivity index (χ0) is 12.4. The lowest BCUT2D eigenvalue weighted by molar-refractivity contribution is 0.471. The zero-order valence-corrected chi connectivity index (χ0v) is 10.5. The number of aromatic hydroxyl groups is 1. The summed E-state index contributed by atoms with van der Waals surface area (Å²) in [6, 6.07) is 10.4. The Bertz CT molecular complexity index is 590. The van der Waals surface area contributed by atoms with Crippen LogP contribution < -0.4 is 10.3 Å². The topological polar surface area (TPSA) is 40.5 Å². The second-order valence-electron chi connectivity index (χ2n) is 3.90. The summed E-state index contributed by atoms with van der Waals surface area (Å²) in [5.41, 5.74) is 0.570. The van der Waals surface area contributed by atoms with Gasteiger partial charge in [0.1, 0.15) is 0 Å². The lowest BCUT2D eigenvalue weighted by atomic mass is 10.2. The molecule has 1 N–H and O–H groups in total. The third-order valence-corrected chi connectivity index (χ3v) is 3.71. The molecular formula is C13H13NO2S. The first-order valence-corrected chi connectivity index (χ1v) is 6.00. The van der Waals surface area contributed by atoms with Crippen LogP contribution in [-0.4, -0.2) is 19.2 Å². The molecule has 88 valence electrons. The monoisotopic (exact) mass is 247 g/mol. The molecule has 1 aromatic heterocycles. The normalized spacial score (nSPS) is 10.2. The first-order chi connectivity index (χ1) is 8.08. The van der Waals surface area contributed by atoms with Crippen LogP contribution in [0.5, 0.6) is 5.75 Å². The van der Waals surface area contributed by atoms with E-state index in [1.54, 1.807) is 23.5 Å². The SMILES string of the molecule is CN(C)c1ccc(-c2ccc(O)c(=O)cc2)s1. The molecule has 0 amide bonds. The Morgan fingerprint density at radius 1 is 1.06 bits per heavy atom. The quantitative estimate of drug-likeness (QED) is 0.886. The fourth-order valence-corrected chi connectivity index (χ4v) is 2.38. The number of thiophene rings is 1. The number of hydrogen-bond acceptors (Lipinski definition) is 4. The molecule has 0 unspecified atom stereocenters. The molecule has 3 nitrogen and oxygen atoms in total. The molecular weight excluding hydrogens is 234 g/mol. The summed E-state index contributed by atoms with van der Waals surface area (Å²) in [6.07, 6.45) is 0. The van der Waals surface area contributed by atoms with E-state index in [4.69, 9.17) is 0 Å². The van der Waals surface area contributed by atoms with E-state index in [0.717, 1.165) is 15.4 Å². The smallest absolute Gasteiger partial charge is 0.220 e. The van der Waals surface area contributed by atoms with Gasteiger partial charge >= 0.3 is 0 Å². The number of anilines is 1. The molecule has 0 fully saturated rings. The van der Waals surface area contributed by atoms with Gasteiger partial charge in [-0.05, 0) is 42.0 Å². The van der Waals surface area contributed by atoms with Gasteiger partial charge in [-0.2, -0.15) is 0 Å². The van der Waals surface area contributed by atoms with Gasteiger partial charge in [-0.1, -0.05) is 0 Å². The maximum Gasteiger partial charge on any atom is 0.220 e. The number of nitrogens with zero attached hydrogens (tertiary/aromatic N) is 1. The van der Waals surface area contributed by atoms with Crippen LogP contribution in [-0.2, 0) is 0 Å². The fraction of sp³-hybridized carbons (Fsp3) is 0.154. The van der Waals surface area contributed by atoms with Crippen molar-refractivity contribution in [3.05, 3.63) is 46.6 Å². The highest BCUT2D eigenvalue weighted by atomic mass is 32.1. The first-order valence-electron chi connectivity index (χ1n) is 5.19. The highest BCUT2D eigenvalue weighted by molar-refractivity contribution is 7.19. The van der Waals surface area contributed by atoms with Gasteiger partial charge in [0.05, 0.1) is 5.00 Å². The first kappa shape index (κ1) is 11.7. The van der Waals surface area contributed by atoms with Crippen LogP contribution in [0, 0.1) is 0 Å². The molecule has 4 heteroatoms. The predicted octanol–water partition coefficient (Wildman–Crippen LogP) is 2.55. The van der Waals surface area contributed by atoms with Crippen LogP contribution in [0.4, 0.5) is 5.00 Å². The summed E-state index contributed by atoms with van der Waals surface area (Å²) in [6.45, 7) is 0. The summed E-state index contributed by atoms with van der Waals surface area (Å²) < 4.78 is 0. The van der Waals surface area contributed by atoms with Crippen molar-refractivity contribution in [1.82, 2.24) is 0 Å². The van der Waals surface area contributed by atoms with Gasteiger partial charge in [0.15, 0.2) is 5.75 Å². The lowest BCUT2D eigenvalue weighted by Gasteiger charge is -2.07. The largest absolute Gasteiger partial charge is 0.504 e. The van der Waals surface area contributed by atoms with E-state index < -0.39 is 0 Å². The Hall–Kier alpha value is -1.81. The Morgan fingerprint density at radius 2 is 1.76 bits per heavy atom. The van der Waals surface area contributed by atoms with Crippen LogP contribution in [0.15, 0.2) is 41.2 Å². The molecule has 1 aromatic carbocycles. The lowest BCUT2D eigenvalue weighted by Crippen LogP contribution is -2.05. The molecule has 0 saturated carbocycles. The second-order valence-corrected chi connectivity index (χ2v) is 4.97. The van der Waals surface area contributed by atoms with Crippen LogP contribution in [0.25, 0.3) is 10.4 Å². The highest BCUT2D eigenvalue weighted by Gasteiger charge is 2.04. The van der Waals surface area contributed by atoms with Gasteiger partial charge in [-0.15, -0.1) is 11.3 Å². The Labute approximate surface area is 104 Å². The average Bonchev–Trinajstić information content (AvgIpc) is 2.71. The summed E-state index contributed by atoms with van der Waals surface area (Å²) in [5.74, 6) is -0.222. The zero-order valence-electron chi connectivity index (χ0n) is 9.68. The maximum atomic E-state index is 11.3. The molecule has 0 aliphatic rings. The molecule has 0 aliphatic heterocycles. The molecule has 1 heterocycles. The van der Waals surface area contributed by atoms with E-state index in [1.807, 2.05) is 31.1 Å². The Morgan fingerprint density at radius 3 is 2.41 bits per heavy atom. The molecule has 17 heavy (non-hydrogen) atoms. The molecule has 0 spiro atoms. The van der Waals surface area contributed by atoms with Gasteiger partial charge in [-0.3, -0.25) is 4.79 Å². The number of rotatable bonds is 2. The highest BCUT2D eigenvalue weighted by Crippen LogP contribution is 2.32. The molecule has 0 atom stereocenters. The molecule has 0 bridgehead atoms. The van der Waals surface area contributed by atoms with Gasteiger partial charge in [0.2, 0.25) is 5.43 Å². The minimum atomic E-state index is -0.361. The molecule has 2 aromatic rings. The number of hydrogen-bond donors (Lipinski definition) is 1. The van der Waals surface area contributed by atoms with Crippen molar-refractivity contribution in [1.29, 1.82) is 0 Å². The summed E-state index contributed by atoms with van der Waals surface area (Å²) in [7, 11) is 3.98. The van der Waals surface area contributed by atoms with E-state index in [0.29, 0.717) is 0 Å². The molecule has 0 radical (unpaired) electrons. The van der Waals surface area contributed by atoms with Crippen LogP contribution in [0.1, 0.15) is 0 Å². The van der Waals surface area contributed by atoms with Gasteiger partial charge < -0.3 is 10.0 Å². The molecule has 0 aliphatic carbocycles. The van der Waals surface area contributed by atoms with E-state index in [1.165, 1.54) is 12.1 Å². The predicted molar refractivity (Wildman–Crippen MR) is 72.0 cm³/mol. The van der Waals surface area contributed by atoms with Crippen molar-refractivity contribution < 1.29 is 5.11 Å². The average molecular weight is 247 g/mol. The van der Waals surface area contributed by atoms with Crippen LogP contribution in [0.3, 0.4) is 0 Å². The summed E-state index contributed by atoms with van der Waals surface area (Å²) in [5, 5.41) is 10.5. The van der Waals surface area contributed by atoms with Gasteiger partial charge in [0.25, 0.3) is 0 Å². The van der Waals surface area contributed by atoms with E-state index in [-0.39, 0.29) is 11.2 Å². The van der Waals surface area contributed by atoms with Crippen LogP contribution >= 0.6 is 11.3 Å². The standard InChI is InChI=1S/C13H13NO2S/c1-14(2)13-8-7-12(17-13)9-3-5-10(15)11(16)6-4-9/h3-8H,1-2H3,(H,15,16). The Balaban J connectivity index is 2.46. The van der Waals surface area contributed by atoms with Crippen LogP contribution in [0.2, 0.25) is 0 Å². The van der Waals surface area contributed by atoms with Crippen molar-refractivity contribution >= 4 is 16.3 Å². The van der Waals surface area contributed by atoms with Gasteiger partial charge in [0, 0.05) is 19.0 Å². The minimum absolute atomic E-state index is 0.222. The Kier molecular flexibility index (Phi) is 3.15. The van der Waals surface area contributed by atoms with Crippen molar-refractivity contribution in [2.75, 3.05) is 19.0 Å². The van der Waals surface area contributed by atoms with E-state index >= 15 is 0 Å².